The zero-order valence-corrected chi connectivity index (χ0v) is 12.4. The van der Waals surface area contributed by atoms with Crippen molar-refractivity contribution in [3.05, 3.63) is 29.8 Å². The first-order valence-electron chi connectivity index (χ1n) is 6.91. The number of rotatable bonds is 5. The highest BCUT2D eigenvalue weighted by Gasteiger charge is 2.27. The maximum Gasteiger partial charge on any atom is 0.405 e. The molecule has 0 unspecified atom stereocenters. The molecule has 1 aromatic carbocycles. The molecule has 6 nitrogen and oxygen atoms in total. The predicted octanol–water partition coefficient (Wildman–Crippen LogP) is 1.69. The second kappa shape index (κ2) is 7.71. The highest BCUT2D eigenvalue weighted by Crippen LogP contribution is 2.31. The summed E-state index contributed by atoms with van der Waals surface area (Å²) in [5.41, 5.74) is 0.637. The summed E-state index contributed by atoms with van der Waals surface area (Å²) in [5, 5.41) is 1.59. The van der Waals surface area contributed by atoms with Gasteiger partial charge in [-0.3, -0.25) is 4.79 Å². The number of benzene rings is 1. The van der Waals surface area contributed by atoms with E-state index in [1.165, 1.54) is 6.08 Å². The number of fused-ring (bicyclic) bond motifs is 1. The van der Waals surface area contributed by atoms with Gasteiger partial charge in [0.2, 0.25) is 0 Å². The van der Waals surface area contributed by atoms with E-state index in [4.69, 9.17) is 9.47 Å². The number of carbonyl (C=O) groups excluding carboxylic acids is 2. The number of esters is 1. The standard InChI is InChI=1S/C15H14F3NO5/c16-15(17,18)9-19-13(20)8-24-14(21)4-2-10-1-3-11-12(7-10)23-6-5-22-11/h1-4,7H,5-6,8-9H2,(H,19,20). The lowest BCUT2D eigenvalue weighted by atomic mass is 10.2. The Labute approximate surface area is 135 Å². The van der Waals surface area contributed by atoms with E-state index < -0.39 is 31.2 Å². The van der Waals surface area contributed by atoms with Gasteiger partial charge < -0.3 is 19.5 Å². The van der Waals surface area contributed by atoms with E-state index in [-0.39, 0.29) is 0 Å². The molecule has 1 aliphatic heterocycles. The van der Waals surface area contributed by atoms with Gasteiger partial charge in [-0.25, -0.2) is 4.79 Å². The lowest BCUT2D eigenvalue weighted by Crippen LogP contribution is -2.36. The third kappa shape index (κ3) is 5.82. The maximum atomic E-state index is 11.9. The molecule has 0 fully saturated rings. The molecule has 2 rings (SSSR count). The molecule has 0 aromatic heterocycles. The number of ether oxygens (including phenoxy) is 3. The smallest absolute Gasteiger partial charge is 0.405 e. The number of alkyl halides is 3. The minimum absolute atomic E-state index is 0.426. The fourth-order valence-electron chi connectivity index (χ4n) is 1.76. The van der Waals surface area contributed by atoms with E-state index in [9.17, 15) is 22.8 Å². The molecule has 0 atom stereocenters. The number of carbonyl (C=O) groups is 2. The van der Waals surface area contributed by atoms with E-state index in [2.05, 4.69) is 4.74 Å². The van der Waals surface area contributed by atoms with Crippen molar-refractivity contribution in [2.24, 2.45) is 0 Å². The Morgan fingerprint density at radius 3 is 2.62 bits per heavy atom. The fourth-order valence-corrected chi connectivity index (χ4v) is 1.76. The normalized spacial score (nSPS) is 13.6. The van der Waals surface area contributed by atoms with Crippen LogP contribution in [0.15, 0.2) is 24.3 Å². The van der Waals surface area contributed by atoms with Crippen LogP contribution >= 0.6 is 0 Å². The Kier molecular flexibility index (Phi) is 5.67. The summed E-state index contributed by atoms with van der Waals surface area (Å²) in [5.74, 6) is -0.744. The molecule has 1 amide bonds. The second-order valence-corrected chi connectivity index (χ2v) is 4.74. The molecule has 0 saturated carbocycles. The van der Waals surface area contributed by atoms with Gasteiger partial charge in [0.25, 0.3) is 5.91 Å². The first-order valence-corrected chi connectivity index (χ1v) is 6.91. The van der Waals surface area contributed by atoms with Crippen LogP contribution in [0.3, 0.4) is 0 Å². The number of hydrogen-bond acceptors (Lipinski definition) is 5. The van der Waals surface area contributed by atoms with Gasteiger partial charge in [0.1, 0.15) is 19.8 Å². The van der Waals surface area contributed by atoms with E-state index in [1.54, 1.807) is 23.5 Å². The average Bonchev–Trinajstić information content (AvgIpc) is 2.55. The number of halogens is 3. The monoisotopic (exact) mass is 345 g/mol. The molecule has 0 radical (unpaired) electrons. The average molecular weight is 345 g/mol. The van der Waals surface area contributed by atoms with Gasteiger partial charge in [-0.1, -0.05) is 6.07 Å². The van der Waals surface area contributed by atoms with Crippen LogP contribution in [0.1, 0.15) is 5.56 Å². The van der Waals surface area contributed by atoms with Gasteiger partial charge in [0.15, 0.2) is 18.1 Å². The number of amides is 1. The molecule has 130 valence electrons. The fraction of sp³-hybridized carbons (Fsp3) is 0.333. The quantitative estimate of drug-likeness (QED) is 0.649. The van der Waals surface area contributed by atoms with Crippen molar-refractivity contribution in [2.75, 3.05) is 26.4 Å². The summed E-state index contributed by atoms with van der Waals surface area (Å²) in [6.07, 6.45) is -2.03. The first kappa shape index (κ1) is 17.6. The molecular weight excluding hydrogens is 331 g/mol. The minimum Gasteiger partial charge on any atom is -0.486 e. The molecule has 1 N–H and O–H groups in total. The predicted molar refractivity (Wildman–Crippen MR) is 76.5 cm³/mol. The van der Waals surface area contributed by atoms with Crippen LogP contribution in [-0.4, -0.2) is 44.4 Å². The van der Waals surface area contributed by atoms with Crippen LogP contribution in [0.4, 0.5) is 13.2 Å². The molecule has 1 heterocycles. The van der Waals surface area contributed by atoms with Crippen molar-refractivity contribution in [2.45, 2.75) is 6.18 Å². The van der Waals surface area contributed by atoms with E-state index in [0.29, 0.717) is 30.3 Å². The van der Waals surface area contributed by atoms with Crippen LogP contribution in [-0.2, 0) is 14.3 Å². The van der Waals surface area contributed by atoms with Gasteiger partial charge >= 0.3 is 12.1 Å². The molecule has 0 spiro atoms. The van der Waals surface area contributed by atoms with E-state index in [0.717, 1.165) is 6.08 Å². The largest absolute Gasteiger partial charge is 0.486 e. The van der Waals surface area contributed by atoms with Gasteiger partial charge in [0, 0.05) is 6.08 Å². The molecule has 24 heavy (non-hydrogen) atoms. The maximum absolute atomic E-state index is 11.9. The zero-order chi connectivity index (χ0) is 17.6. The summed E-state index contributed by atoms with van der Waals surface area (Å²) in [6.45, 7) is -1.38. The molecule has 1 aromatic rings. The third-order valence-electron chi connectivity index (χ3n) is 2.81. The summed E-state index contributed by atoms with van der Waals surface area (Å²) < 4.78 is 50.9. The van der Waals surface area contributed by atoms with Crippen molar-refractivity contribution in [1.82, 2.24) is 5.32 Å². The molecule has 0 bridgehead atoms. The van der Waals surface area contributed by atoms with Gasteiger partial charge in [-0.15, -0.1) is 0 Å². The second-order valence-electron chi connectivity index (χ2n) is 4.74. The molecular formula is C15H14F3NO5. The Bertz CT molecular complexity index is 642. The highest BCUT2D eigenvalue weighted by molar-refractivity contribution is 5.89. The van der Waals surface area contributed by atoms with Crippen LogP contribution in [0.2, 0.25) is 0 Å². The summed E-state index contributed by atoms with van der Waals surface area (Å²) in [4.78, 5) is 22.5. The number of nitrogens with one attached hydrogen (secondary N) is 1. The summed E-state index contributed by atoms with van der Waals surface area (Å²) >= 11 is 0. The third-order valence-corrected chi connectivity index (χ3v) is 2.81. The van der Waals surface area contributed by atoms with Crippen molar-refractivity contribution in [1.29, 1.82) is 0 Å². The molecule has 0 saturated heterocycles. The SMILES string of the molecule is O=C(COC(=O)C=Cc1ccc2c(c1)OCCO2)NCC(F)(F)F. The van der Waals surface area contributed by atoms with Crippen LogP contribution in [0, 0.1) is 0 Å². The van der Waals surface area contributed by atoms with Gasteiger partial charge in [0.05, 0.1) is 0 Å². The van der Waals surface area contributed by atoms with Crippen molar-refractivity contribution in [3.63, 3.8) is 0 Å². The molecule has 0 aliphatic carbocycles. The van der Waals surface area contributed by atoms with Crippen molar-refractivity contribution in [3.8, 4) is 11.5 Å². The van der Waals surface area contributed by atoms with Crippen LogP contribution < -0.4 is 14.8 Å². The summed E-state index contributed by atoms with van der Waals surface area (Å²) in [6, 6.07) is 5.03. The minimum atomic E-state index is -4.52. The lowest BCUT2D eigenvalue weighted by Gasteiger charge is -2.18. The molecule has 9 heteroatoms. The van der Waals surface area contributed by atoms with Gasteiger partial charge in [-0.05, 0) is 23.8 Å². The van der Waals surface area contributed by atoms with Crippen LogP contribution in [0.25, 0.3) is 6.08 Å². The Morgan fingerprint density at radius 1 is 1.21 bits per heavy atom. The van der Waals surface area contributed by atoms with Crippen LogP contribution in [0.5, 0.6) is 11.5 Å². The van der Waals surface area contributed by atoms with E-state index >= 15 is 0 Å². The van der Waals surface area contributed by atoms with Crippen molar-refractivity contribution >= 4 is 18.0 Å². The molecule has 1 aliphatic rings. The topological polar surface area (TPSA) is 73.9 Å². The van der Waals surface area contributed by atoms with Gasteiger partial charge in [-0.2, -0.15) is 13.2 Å². The van der Waals surface area contributed by atoms with E-state index in [1.807, 2.05) is 0 Å². The Balaban J connectivity index is 1.79. The zero-order valence-electron chi connectivity index (χ0n) is 12.4. The lowest BCUT2D eigenvalue weighted by molar-refractivity contribution is -0.148. The van der Waals surface area contributed by atoms with Crippen molar-refractivity contribution < 1.29 is 37.0 Å². The highest BCUT2D eigenvalue weighted by atomic mass is 19.4. The Hall–Kier alpha value is -2.71. The first-order chi connectivity index (χ1) is 11.3. The Morgan fingerprint density at radius 2 is 1.92 bits per heavy atom. The number of hydrogen-bond donors (Lipinski definition) is 1. The summed E-state index contributed by atoms with van der Waals surface area (Å²) in [7, 11) is 0.